The number of rotatable bonds is 8. The summed E-state index contributed by atoms with van der Waals surface area (Å²) in [6.07, 6.45) is 6.95. The summed E-state index contributed by atoms with van der Waals surface area (Å²) in [7, 11) is 1.88. The summed E-state index contributed by atoms with van der Waals surface area (Å²) in [4.78, 5) is 33.2. The molecule has 2 fully saturated rings. The molecule has 3 heterocycles. The van der Waals surface area contributed by atoms with E-state index >= 15 is 0 Å². The molecule has 7 heteroatoms. The molecule has 0 bridgehead atoms. The van der Waals surface area contributed by atoms with Crippen LogP contribution in [0.25, 0.3) is 0 Å². The Balaban J connectivity index is 1.48. The quantitative estimate of drug-likeness (QED) is 0.704. The minimum absolute atomic E-state index is 0.104. The van der Waals surface area contributed by atoms with Gasteiger partial charge < -0.3 is 9.80 Å². The molecule has 3 atom stereocenters. The summed E-state index contributed by atoms with van der Waals surface area (Å²) in [5.41, 5.74) is 7.62. The first-order chi connectivity index (χ1) is 13.6. The van der Waals surface area contributed by atoms with Gasteiger partial charge in [0, 0.05) is 63.5 Å². The molecule has 0 aromatic carbocycles. The second-order valence-corrected chi connectivity index (χ2v) is 8.07. The number of aromatic nitrogens is 1. The van der Waals surface area contributed by atoms with Crippen LogP contribution in [0.3, 0.4) is 0 Å². The zero-order chi connectivity index (χ0) is 19.9. The van der Waals surface area contributed by atoms with E-state index in [1.54, 1.807) is 6.20 Å². The van der Waals surface area contributed by atoms with E-state index in [1.165, 1.54) is 0 Å². The molecule has 154 valence electrons. The number of likely N-dealkylation sites (tertiary alicyclic amines) is 1. The number of likely N-dealkylation sites (N-methyl/N-ethyl adjacent to an activating group) is 1. The third-order valence-electron chi connectivity index (χ3n) is 5.78. The summed E-state index contributed by atoms with van der Waals surface area (Å²) < 4.78 is 0. The molecule has 3 rings (SSSR count). The molecule has 3 unspecified atom stereocenters. The molecule has 0 spiro atoms. The van der Waals surface area contributed by atoms with Crippen molar-refractivity contribution in [3.05, 3.63) is 30.1 Å². The lowest BCUT2D eigenvalue weighted by Crippen LogP contribution is -2.49. The molecule has 2 aliphatic heterocycles. The number of carbonyl (C=O) groups is 2. The van der Waals surface area contributed by atoms with Crippen molar-refractivity contribution in [2.45, 2.75) is 57.5 Å². The lowest BCUT2D eigenvalue weighted by Gasteiger charge is -2.34. The largest absolute Gasteiger partial charge is 0.344 e. The summed E-state index contributed by atoms with van der Waals surface area (Å²) in [5, 5.41) is 0. The molecule has 1 aromatic heterocycles. The molecule has 1 aromatic rings. The highest BCUT2D eigenvalue weighted by atomic mass is 16.2. The van der Waals surface area contributed by atoms with Gasteiger partial charge in [0.1, 0.15) is 0 Å². The second kappa shape index (κ2) is 9.98. The van der Waals surface area contributed by atoms with Gasteiger partial charge in [-0.1, -0.05) is 19.4 Å². The first-order valence-electron chi connectivity index (χ1n) is 10.5. The maximum atomic E-state index is 12.9. The third kappa shape index (κ3) is 5.52. The van der Waals surface area contributed by atoms with E-state index in [-0.39, 0.29) is 23.8 Å². The number of nitrogens with one attached hydrogen (secondary N) is 2. The fraction of sp³-hybridized carbons (Fsp3) is 0.667. The van der Waals surface area contributed by atoms with Crippen molar-refractivity contribution >= 4 is 11.8 Å². The van der Waals surface area contributed by atoms with Gasteiger partial charge in [0.05, 0.1) is 5.92 Å². The van der Waals surface area contributed by atoms with E-state index in [0.717, 1.165) is 31.4 Å². The topological polar surface area (TPSA) is 77.6 Å². The Hall–Kier alpha value is -1.99. The molecule has 7 nitrogen and oxygen atoms in total. The maximum absolute atomic E-state index is 12.9. The van der Waals surface area contributed by atoms with Crippen molar-refractivity contribution in [2.24, 2.45) is 5.92 Å². The van der Waals surface area contributed by atoms with Crippen LogP contribution in [0, 0.1) is 5.92 Å². The van der Waals surface area contributed by atoms with Crippen molar-refractivity contribution in [3.8, 4) is 0 Å². The van der Waals surface area contributed by atoms with Crippen molar-refractivity contribution in [2.75, 3.05) is 26.7 Å². The predicted molar refractivity (Wildman–Crippen MR) is 108 cm³/mol. The van der Waals surface area contributed by atoms with Crippen molar-refractivity contribution in [3.63, 3.8) is 0 Å². The van der Waals surface area contributed by atoms with Gasteiger partial charge in [0.15, 0.2) is 0 Å². The smallest absolute Gasteiger partial charge is 0.227 e. The van der Waals surface area contributed by atoms with Gasteiger partial charge in [0.2, 0.25) is 11.8 Å². The summed E-state index contributed by atoms with van der Waals surface area (Å²) in [6.45, 7) is 4.03. The molecule has 2 amide bonds. The normalized spacial score (nSPS) is 25.1. The first kappa shape index (κ1) is 20.7. The molecule has 0 radical (unpaired) electrons. The van der Waals surface area contributed by atoms with E-state index in [9.17, 15) is 9.59 Å². The van der Waals surface area contributed by atoms with Crippen molar-refractivity contribution < 1.29 is 9.59 Å². The lowest BCUT2D eigenvalue weighted by atomic mass is 9.95. The number of carbonyl (C=O) groups excluding carboxylic acids is 2. The van der Waals surface area contributed by atoms with Crippen LogP contribution in [0.1, 0.15) is 44.7 Å². The van der Waals surface area contributed by atoms with Crippen LogP contribution in [0.5, 0.6) is 0 Å². The molecule has 0 aliphatic carbocycles. The van der Waals surface area contributed by atoms with Gasteiger partial charge in [-0.15, -0.1) is 0 Å². The van der Waals surface area contributed by atoms with E-state index in [2.05, 4.69) is 22.8 Å². The van der Waals surface area contributed by atoms with Crippen LogP contribution in [0.15, 0.2) is 24.4 Å². The fourth-order valence-corrected chi connectivity index (χ4v) is 4.22. The number of piperidine rings is 1. The standard InChI is InChI=1S/C21H33N5O2/c1-3-6-18-13-19(24-23-18)15-25(2)21(28)16-8-9-20(27)26(14-16)12-10-17-7-4-5-11-22-17/h4-5,7,11,16,18-19,23-24H,3,6,8-10,12-15H2,1-2H3. The van der Waals surface area contributed by atoms with Crippen molar-refractivity contribution in [1.29, 1.82) is 0 Å². The van der Waals surface area contributed by atoms with Crippen LogP contribution in [-0.4, -0.2) is 65.4 Å². The van der Waals surface area contributed by atoms with E-state index < -0.39 is 0 Å². The first-order valence-corrected chi connectivity index (χ1v) is 10.5. The van der Waals surface area contributed by atoms with Gasteiger partial charge in [-0.25, -0.2) is 0 Å². The van der Waals surface area contributed by atoms with E-state index in [4.69, 9.17) is 0 Å². The highest BCUT2D eigenvalue weighted by Gasteiger charge is 2.33. The zero-order valence-corrected chi connectivity index (χ0v) is 17.1. The van der Waals surface area contributed by atoms with Crippen LogP contribution in [-0.2, 0) is 16.0 Å². The number of hydrogen-bond donors (Lipinski definition) is 2. The lowest BCUT2D eigenvalue weighted by molar-refractivity contribution is -0.142. The number of hydrazine groups is 1. The van der Waals surface area contributed by atoms with Gasteiger partial charge >= 0.3 is 0 Å². The Bertz CT molecular complexity index is 653. The summed E-state index contributed by atoms with van der Waals surface area (Å²) >= 11 is 0. The number of hydrogen-bond acceptors (Lipinski definition) is 5. The molecule has 2 saturated heterocycles. The van der Waals surface area contributed by atoms with Gasteiger partial charge in [0.25, 0.3) is 0 Å². The molecule has 2 N–H and O–H groups in total. The minimum atomic E-state index is -0.104. The highest BCUT2D eigenvalue weighted by molar-refractivity contribution is 5.83. The van der Waals surface area contributed by atoms with Crippen molar-refractivity contribution in [1.82, 2.24) is 25.6 Å². The SMILES string of the molecule is CCCC1CC(CN(C)C(=O)C2CCC(=O)N(CCc3ccccn3)C2)NN1. The Labute approximate surface area is 167 Å². The number of nitrogens with zero attached hydrogens (tertiary/aromatic N) is 3. The van der Waals surface area contributed by atoms with E-state index in [1.807, 2.05) is 35.0 Å². The summed E-state index contributed by atoms with van der Waals surface area (Å²) in [6, 6.07) is 6.60. The van der Waals surface area contributed by atoms with Gasteiger partial charge in [-0.3, -0.25) is 25.4 Å². The third-order valence-corrected chi connectivity index (χ3v) is 5.78. The molecule has 2 aliphatic rings. The second-order valence-electron chi connectivity index (χ2n) is 8.07. The Morgan fingerprint density at radius 1 is 1.32 bits per heavy atom. The van der Waals surface area contributed by atoms with Gasteiger partial charge in [-0.2, -0.15) is 0 Å². The van der Waals surface area contributed by atoms with Crippen LogP contribution in [0.2, 0.25) is 0 Å². The average molecular weight is 388 g/mol. The molecule has 28 heavy (non-hydrogen) atoms. The van der Waals surface area contributed by atoms with Crippen LogP contribution in [0.4, 0.5) is 0 Å². The zero-order valence-electron chi connectivity index (χ0n) is 17.1. The monoisotopic (exact) mass is 387 g/mol. The number of pyridine rings is 1. The number of amides is 2. The average Bonchev–Trinajstić information content (AvgIpc) is 3.14. The minimum Gasteiger partial charge on any atom is -0.344 e. The van der Waals surface area contributed by atoms with Crippen LogP contribution >= 0.6 is 0 Å². The predicted octanol–water partition coefficient (Wildman–Crippen LogP) is 1.36. The van der Waals surface area contributed by atoms with Crippen LogP contribution < -0.4 is 10.9 Å². The maximum Gasteiger partial charge on any atom is 0.227 e. The Morgan fingerprint density at radius 2 is 2.14 bits per heavy atom. The van der Waals surface area contributed by atoms with Gasteiger partial charge in [-0.05, 0) is 31.4 Å². The fourth-order valence-electron chi connectivity index (χ4n) is 4.22. The highest BCUT2D eigenvalue weighted by Crippen LogP contribution is 2.21. The molecular formula is C21H33N5O2. The Morgan fingerprint density at radius 3 is 2.89 bits per heavy atom. The summed E-state index contributed by atoms with van der Waals surface area (Å²) in [5.74, 6) is 0.190. The molecule has 0 saturated carbocycles. The molecular weight excluding hydrogens is 354 g/mol. The van der Waals surface area contributed by atoms with E-state index in [0.29, 0.717) is 38.5 Å². The Kier molecular flexibility index (Phi) is 7.39.